The number of rotatable bonds is 3. The quantitative estimate of drug-likeness (QED) is 0.807. The summed E-state index contributed by atoms with van der Waals surface area (Å²) in [4.78, 5) is 26.9. The molecule has 0 unspecified atom stereocenters. The third-order valence-corrected chi connectivity index (χ3v) is 3.86. The third-order valence-electron chi connectivity index (χ3n) is 3.86. The lowest BCUT2D eigenvalue weighted by Gasteiger charge is -2.36. The van der Waals surface area contributed by atoms with Gasteiger partial charge < -0.3 is 10.6 Å². The lowest BCUT2D eigenvalue weighted by molar-refractivity contribution is 0.249. The van der Waals surface area contributed by atoms with Gasteiger partial charge in [-0.1, -0.05) is 30.3 Å². The molecular formula is C15H17N3O2. The fourth-order valence-electron chi connectivity index (χ4n) is 2.68. The summed E-state index contributed by atoms with van der Waals surface area (Å²) in [6.07, 6.45) is 0. The van der Waals surface area contributed by atoms with Gasteiger partial charge in [0.1, 0.15) is 11.4 Å². The Kier molecular flexibility index (Phi) is 3.28. The molecule has 0 radical (unpaired) electrons. The van der Waals surface area contributed by atoms with Crippen molar-refractivity contribution in [3.05, 3.63) is 56.3 Å². The van der Waals surface area contributed by atoms with Crippen LogP contribution < -0.4 is 21.5 Å². The number of piperazine rings is 1. The van der Waals surface area contributed by atoms with Crippen LogP contribution in [0.15, 0.2) is 39.9 Å². The first-order chi connectivity index (χ1) is 9.66. The van der Waals surface area contributed by atoms with Crippen LogP contribution >= 0.6 is 0 Å². The van der Waals surface area contributed by atoms with Crippen LogP contribution in [0.4, 0.5) is 11.4 Å². The van der Waals surface area contributed by atoms with E-state index < -0.39 is 10.9 Å². The SMILES string of the molecule is Nc1c(N2CCN(Cc3ccccc3)CC2)c(=O)c1=O. The van der Waals surface area contributed by atoms with Gasteiger partial charge in [0.15, 0.2) is 0 Å². The molecule has 2 aromatic carbocycles. The van der Waals surface area contributed by atoms with Gasteiger partial charge in [0.25, 0.3) is 10.9 Å². The van der Waals surface area contributed by atoms with E-state index in [9.17, 15) is 9.59 Å². The van der Waals surface area contributed by atoms with Crippen LogP contribution in [0.2, 0.25) is 0 Å². The second-order valence-corrected chi connectivity index (χ2v) is 5.17. The molecule has 5 heteroatoms. The van der Waals surface area contributed by atoms with E-state index in [1.165, 1.54) is 5.56 Å². The van der Waals surface area contributed by atoms with Gasteiger partial charge in [0.05, 0.1) is 0 Å². The molecule has 2 aromatic rings. The van der Waals surface area contributed by atoms with Crippen molar-refractivity contribution in [3.63, 3.8) is 0 Å². The van der Waals surface area contributed by atoms with Gasteiger partial charge in [-0.3, -0.25) is 14.5 Å². The van der Waals surface area contributed by atoms with Crippen molar-refractivity contribution in [2.75, 3.05) is 36.8 Å². The van der Waals surface area contributed by atoms with Crippen LogP contribution in [0.3, 0.4) is 0 Å². The monoisotopic (exact) mass is 271 g/mol. The number of anilines is 2. The molecule has 5 nitrogen and oxygen atoms in total. The van der Waals surface area contributed by atoms with E-state index >= 15 is 0 Å². The van der Waals surface area contributed by atoms with Crippen LogP contribution in [0.5, 0.6) is 0 Å². The first-order valence-corrected chi connectivity index (χ1v) is 6.77. The molecular weight excluding hydrogens is 254 g/mol. The number of nitrogens with two attached hydrogens (primary N) is 1. The molecule has 3 rings (SSSR count). The van der Waals surface area contributed by atoms with Crippen molar-refractivity contribution < 1.29 is 0 Å². The zero-order chi connectivity index (χ0) is 14.1. The van der Waals surface area contributed by atoms with Crippen molar-refractivity contribution in [1.29, 1.82) is 0 Å². The van der Waals surface area contributed by atoms with Gasteiger partial charge in [-0.25, -0.2) is 0 Å². The molecule has 1 aliphatic rings. The Balaban J connectivity index is 1.60. The maximum atomic E-state index is 11.5. The van der Waals surface area contributed by atoms with E-state index in [1.54, 1.807) is 0 Å². The van der Waals surface area contributed by atoms with Crippen LogP contribution in [0.25, 0.3) is 0 Å². The zero-order valence-electron chi connectivity index (χ0n) is 11.2. The van der Waals surface area contributed by atoms with E-state index in [-0.39, 0.29) is 5.69 Å². The van der Waals surface area contributed by atoms with Crippen LogP contribution in [0.1, 0.15) is 5.56 Å². The minimum atomic E-state index is -0.535. The van der Waals surface area contributed by atoms with Crippen LogP contribution in [-0.2, 0) is 6.54 Å². The van der Waals surface area contributed by atoms with Crippen LogP contribution in [-0.4, -0.2) is 31.1 Å². The van der Waals surface area contributed by atoms with Crippen LogP contribution in [0, 0.1) is 0 Å². The van der Waals surface area contributed by atoms with E-state index in [0.29, 0.717) is 5.69 Å². The second kappa shape index (κ2) is 5.09. The van der Waals surface area contributed by atoms with Crippen molar-refractivity contribution >= 4 is 11.4 Å². The Morgan fingerprint density at radius 1 is 0.950 bits per heavy atom. The Morgan fingerprint density at radius 3 is 2.20 bits per heavy atom. The van der Waals surface area contributed by atoms with Crippen molar-refractivity contribution in [2.45, 2.75) is 6.54 Å². The Labute approximate surface area is 116 Å². The lowest BCUT2D eigenvalue weighted by Crippen LogP contribution is -2.51. The van der Waals surface area contributed by atoms with E-state index in [4.69, 9.17) is 5.73 Å². The van der Waals surface area contributed by atoms with E-state index in [2.05, 4.69) is 17.0 Å². The van der Waals surface area contributed by atoms with Crippen molar-refractivity contribution in [1.82, 2.24) is 4.90 Å². The van der Waals surface area contributed by atoms with Crippen molar-refractivity contribution in [2.24, 2.45) is 0 Å². The molecule has 1 heterocycles. The van der Waals surface area contributed by atoms with E-state index in [0.717, 1.165) is 32.7 Å². The smallest absolute Gasteiger partial charge is 0.253 e. The number of nitrogens with zero attached hydrogens (tertiary/aromatic N) is 2. The highest BCUT2D eigenvalue weighted by atomic mass is 16.2. The summed E-state index contributed by atoms with van der Waals surface area (Å²) < 4.78 is 0. The molecule has 0 amide bonds. The van der Waals surface area contributed by atoms with Gasteiger partial charge in [0, 0.05) is 32.7 Å². The summed E-state index contributed by atoms with van der Waals surface area (Å²) in [5, 5.41) is 0. The topological polar surface area (TPSA) is 66.6 Å². The predicted octanol–water partition coefficient (Wildman–Crippen LogP) is 0.187. The molecule has 0 atom stereocenters. The summed E-state index contributed by atoms with van der Waals surface area (Å²) in [5.41, 5.74) is 6.48. The normalized spacial score (nSPS) is 16.7. The highest BCUT2D eigenvalue weighted by Gasteiger charge is 2.26. The minimum Gasteiger partial charge on any atom is -0.394 e. The fourth-order valence-corrected chi connectivity index (χ4v) is 2.68. The van der Waals surface area contributed by atoms with Crippen molar-refractivity contribution in [3.8, 4) is 0 Å². The molecule has 1 saturated heterocycles. The van der Waals surface area contributed by atoms with Gasteiger partial charge in [0.2, 0.25) is 0 Å². The Hall–Kier alpha value is -2.14. The highest BCUT2D eigenvalue weighted by Crippen LogP contribution is 2.19. The number of hydrogen-bond acceptors (Lipinski definition) is 5. The van der Waals surface area contributed by atoms with E-state index in [1.807, 2.05) is 23.1 Å². The Bertz CT molecular complexity index is 666. The van der Waals surface area contributed by atoms with Gasteiger partial charge in [-0.2, -0.15) is 0 Å². The maximum Gasteiger partial charge on any atom is 0.253 e. The molecule has 20 heavy (non-hydrogen) atoms. The standard InChI is InChI=1S/C15H17N3O2/c16-12-13(15(20)14(12)19)18-8-6-17(7-9-18)10-11-4-2-1-3-5-11/h1-5H,6-10,16H2. The molecule has 104 valence electrons. The maximum absolute atomic E-state index is 11.5. The van der Waals surface area contributed by atoms with Gasteiger partial charge >= 0.3 is 0 Å². The molecule has 0 spiro atoms. The predicted molar refractivity (Wildman–Crippen MR) is 79.7 cm³/mol. The average molecular weight is 271 g/mol. The molecule has 0 aliphatic carbocycles. The average Bonchev–Trinajstić information content (AvgIpc) is 2.50. The van der Waals surface area contributed by atoms with Gasteiger partial charge in [-0.15, -0.1) is 0 Å². The summed E-state index contributed by atoms with van der Waals surface area (Å²) >= 11 is 0. The third kappa shape index (κ3) is 2.20. The Morgan fingerprint density at radius 2 is 1.60 bits per heavy atom. The molecule has 1 aliphatic heterocycles. The number of hydrogen-bond donors (Lipinski definition) is 1. The summed E-state index contributed by atoms with van der Waals surface area (Å²) in [6.45, 7) is 4.13. The molecule has 0 bridgehead atoms. The molecule has 2 N–H and O–H groups in total. The molecule has 0 aromatic heterocycles. The summed E-state index contributed by atoms with van der Waals surface area (Å²) in [5.74, 6) is 0. The number of benzene rings is 1. The first kappa shape index (κ1) is 12.9. The summed E-state index contributed by atoms with van der Waals surface area (Å²) in [7, 11) is 0. The second-order valence-electron chi connectivity index (χ2n) is 5.17. The molecule has 0 saturated carbocycles. The largest absolute Gasteiger partial charge is 0.394 e. The fraction of sp³-hybridized carbons (Fsp3) is 0.333. The first-order valence-electron chi connectivity index (χ1n) is 6.77. The highest BCUT2D eigenvalue weighted by molar-refractivity contribution is 5.72. The molecule has 1 fully saturated rings. The minimum absolute atomic E-state index is 0.131. The summed E-state index contributed by atoms with van der Waals surface area (Å²) in [6, 6.07) is 10.3. The zero-order valence-corrected chi connectivity index (χ0v) is 11.2. The number of nitrogen functional groups attached to an aromatic ring is 1. The lowest BCUT2D eigenvalue weighted by atomic mass is 10.1. The van der Waals surface area contributed by atoms with Gasteiger partial charge in [-0.05, 0) is 5.56 Å².